The van der Waals surface area contributed by atoms with Crippen molar-refractivity contribution in [3.05, 3.63) is 105 Å². The first kappa shape index (κ1) is 23.3. The highest BCUT2D eigenvalue weighted by molar-refractivity contribution is 5.92. The number of methoxy groups -OCH3 is 1. The van der Waals surface area contributed by atoms with Crippen LogP contribution in [-0.2, 0) is 30.6 Å². The van der Waals surface area contributed by atoms with Gasteiger partial charge in [-0.25, -0.2) is 0 Å². The first-order valence-corrected chi connectivity index (χ1v) is 11.6. The Balaban J connectivity index is 1.66. The molecule has 0 spiro atoms. The van der Waals surface area contributed by atoms with Gasteiger partial charge < -0.3 is 10.1 Å². The molecule has 5 nitrogen and oxygen atoms in total. The first-order valence-electron chi connectivity index (χ1n) is 11.6. The van der Waals surface area contributed by atoms with Crippen LogP contribution < -0.4 is 15.6 Å². The fourth-order valence-electron chi connectivity index (χ4n) is 4.12. The van der Waals surface area contributed by atoms with Crippen molar-refractivity contribution in [2.24, 2.45) is 0 Å². The van der Waals surface area contributed by atoms with E-state index in [9.17, 15) is 9.59 Å². The summed E-state index contributed by atoms with van der Waals surface area (Å²) in [6.45, 7) is 4.06. The number of aryl methyl sites for hydroxylation is 4. The van der Waals surface area contributed by atoms with Crippen LogP contribution in [0.15, 0.2) is 77.6 Å². The van der Waals surface area contributed by atoms with Crippen molar-refractivity contribution in [2.45, 2.75) is 39.7 Å². The van der Waals surface area contributed by atoms with E-state index in [4.69, 9.17) is 4.74 Å². The first-order chi connectivity index (χ1) is 16.5. The summed E-state index contributed by atoms with van der Waals surface area (Å²) in [6.07, 6.45) is 2.24. The van der Waals surface area contributed by atoms with E-state index in [0.29, 0.717) is 23.3 Å². The zero-order chi connectivity index (χ0) is 24.1. The molecule has 1 amide bonds. The molecule has 0 radical (unpaired) electrons. The van der Waals surface area contributed by atoms with E-state index >= 15 is 0 Å². The van der Waals surface area contributed by atoms with E-state index in [2.05, 4.69) is 43.4 Å². The lowest BCUT2D eigenvalue weighted by Crippen LogP contribution is -2.30. The third-order valence-corrected chi connectivity index (χ3v) is 6.10. The summed E-state index contributed by atoms with van der Waals surface area (Å²) in [4.78, 5) is 26.4. The summed E-state index contributed by atoms with van der Waals surface area (Å²) in [6, 6.07) is 23.7. The maximum Gasteiger partial charge on any atom is 0.254 e. The van der Waals surface area contributed by atoms with E-state index in [0.717, 1.165) is 29.5 Å². The molecule has 4 aromatic rings. The highest BCUT2D eigenvalue weighted by atomic mass is 16.5. The molecule has 0 bridgehead atoms. The van der Waals surface area contributed by atoms with Crippen LogP contribution in [0.2, 0.25) is 0 Å². The van der Waals surface area contributed by atoms with Crippen molar-refractivity contribution in [1.82, 2.24) is 4.57 Å². The second-order valence-corrected chi connectivity index (χ2v) is 8.57. The van der Waals surface area contributed by atoms with Gasteiger partial charge in [0, 0.05) is 17.3 Å². The van der Waals surface area contributed by atoms with Gasteiger partial charge in [0.2, 0.25) is 5.91 Å². The fraction of sp³-hybridized carbons (Fsp3) is 0.241. The monoisotopic (exact) mass is 454 g/mol. The van der Waals surface area contributed by atoms with Gasteiger partial charge in [0.15, 0.2) is 0 Å². The van der Waals surface area contributed by atoms with Gasteiger partial charge in [0.1, 0.15) is 12.3 Å². The Labute approximate surface area is 200 Å². The molecular formula is C29H30N2O3. The molecule has 5 heteroatoms. The van der Waals surface area contributed by atoms with Gasteiger partial charge in [-0.3, -0.25) is 14.2 Å². The van der Waals surface area contributed by atoms with Crippen molar-refractivity contribution in [1.29, 1.82) is 0 Å². The molecule has 0 atom stereocenters. The van der Waals surface area contributed by atoms with Gasteiger partial charge in [0.05, 0.1) is 12.6 Å². The molecule has 0 fully saturated rings. The van der Waals surface area contributed by atoms with Crippen LogP contribution in [0, 0.1) is 6.92 Å². The third kappa shape index (κ3) is 5.37. The fourth-order valence-corrected chi connectivity index (χ4v) is 4.12. The van der Waals surface area contributed by atoms with Crippen molar-refractivity contribution in [3.8, 4) is 5.75 Å². The Morgan fingerprint density at radius 1 is 0.941 bits per heavy atom. The Hall–Kier alpha value is -3.86. The standard InChI is InChI=1S/C29H30N2O3/c1-4-21-6-5-7-25(16-21)30-28(32)19-31-27-18-26(34-3)15-14-23(27)17-24(29(31)33)13-12-22-10-8-20(2)9-11-22/h5-11,14-18H,4,12-13,19H2,1-3H3,(H,30,32). The summed E-state index contributed by atoms with van der Waals surface area (Å²) in [7, 11) is 1.59. The molecule has 0 aliphatic heterocycles. The number of nitrogens with one attached hydrogen (secondary N) is 1. The SMILES string of the molecule is CCc1cccc(NC(=O)Cn2c(=O)c(CCc3ccc(C)cc3)cc3ccc(OC)cc32)c1. The van der Waals surface area contributed by atoms with Crippen molar-refractivity contribution in [3.63, 3.8) is 0 Å². The van der Waals surface area contributed by atoms with Gasteiger partial charge in [-0.15, -0.1) is 0 Å². The van der Waals surface area contributed by atoms with Crippen LogP contribution >= 0.6 is 0 Å². The number of hydrogen-bond donors (Lipinski definition) is 1. The molecule has 0 aliphatic rings. The van der Waals surface area contributed by atoms with E-state index in [1.807, 2.05) is 48.5 Å². The molecule has 1 aromatic heterocycles. The number of ether oxygens (including phenoxy) is 1. The number of nitrogens with zero attached hydrogens (tertiary/aromatic N) is 1. The van der Waals surface area contributed by atoms with E-state index in [1.54, 1.807) is 11.7 Å². The number of aromatic nitrogens is 1. The van der Waals surface area contributed by atoms with Gasteiger partial charge in [-0.05, 0) is 73.0 Å². The highest BCUT2D eigenvalue weighted by Gasteiger charge is 2.14. The summed E-state index contributed by atoms with van der Waals surface area (Å²) < 4.78 is 6.93. The third-order valence-electron chi connectivity index (χ3n) is 6.10. The van der Waals surface area contributed by atoms with Gasteiger partial charge in [-0.1, -0.05) is 48.9 Å². The van der Waals surface area contributed by atoms with Crippen LogP contribution in [0.1, 0.15) is 29.2 Å². The maximum absolute atomic E-state index is 13.5. The average molecular weight is 455 g/mol. The molecule has 0 unspecified atom stereocenters. The Kier molecular flexibility index (Phi) is 7.12. The summed E-state index contributed by atoms with van der Waals surface area (Å²) in [5.41, 5.74) is 5.49. The Morgan fingerprint density at radius 2 is 1.74 bits per heavy atom. The lowest BCUT2D eigenvalue weighted by molar-refractivity contribution is -0.116. The normalized spacial score (nSPS) is 10.9. The molecular weight excluding hydrogens is 424 g/mol. The number of carbonyl (C=O) groups excluding carboxylic acids is 1. The van der Waals surface area contributed by atoms with Crippen LogP contribution in [0.3, 0.4) is 0 Å². The number of pyridine rings is 1. The largest absolute Gasteiger partial charge is 0.497 e. The predicted molar refractivity (Wildman–Crippen MR) is 138 cm³/mol. The molecule has 1 N–H and O–H groups in total. The predicted octanol–water partition coefficient (Wildman–Crippen LogP) is 5.30. The number of rotatable bonds is 8. The number of anilines is 1. The number of amides is 1. The van der Waals surface area contributed by atoms with Crippen molar-refractivity contribution >= 4 is 22.5 Å². The summed E-state index contributed by atoms with van der Waals surface area (Å²) in [5.74, 6) is 0.402. The van der Waals surface area contributed by atoms with E-state index in [1.165, 1.54) is 11.1 Å². The lowest BCUT2D eigenvalue weighted by atomic mass is 10.0. The molecule has 0 aliphatic carbocycles. The summed E-state index contributed by atoms with van der Waals surface area (Å²) >= 11 is 0. The Bertz CT molecular complexity index is 1370. The molecule has 3 aromatic carbocycles. The number of carbonyl (C=O) groups is 1. The van der Waals surface area contributed by atoms with E-state index < -0.39 is 0 Å². The molecule has 0 saturated heterocycles. The number of benzene rings is 3. The van der Waals surface area contributed by atoms with Crippen LogP contribution in [0.25, 0.3) is 10.9 Å². The highest BCUT2D eigenvalue weighted by Crippen LogP contribution is 2.21. The average Bonchev–Trinajstić information content (AvgIpc) is 2.85. The number of hydrogen-bond acceptors (Lipinski definition) is 3. The van der Waals surface area contributed by atoms with Gasteiger partial charge in [0.25, 0.3) is 5.56 Å². The van der Waals surface area contributed by atoms with Crippen LogP contribution in [0.4, 0.5) is 5.69 Å². The lowest BCUT2D eigenvalue weighted by Gasteiger charge is -2.14. The van der Waals surface area contributed by atoms with Gasteiger partial charge >= 0.3 is 0 Å². The zero-order valence-corrected chi connectivity index (χ0v) is 19.9. The molecule has 1 heterocycles. The smallest absolute Gasteiger partial charge is 0.254 e. The van der Waals surface area contributed by atoms with E-state index in [-0.39, 0.29) is 18.0 Å². The van der Waals surface area contributed by atoms with Crippen molar-refractivity contribution in [2.75, 3.05) is 12.4 Å². The van der Waals surface area contributed by atoms with Crippen molar-refractivity contribution < 1.29 is 9.53 Å². The topological polar surface area (TPSA) is 60.3 Å². The minimum Gasteiger partial charge on any atom is -0.497 e. The Morgan fingerprint density at radius 3 is 2.47 bits per heavy atom. The quantitative estimate of drug-likeness (QED) is 0.393. The van der Waals surface area contributed by atoms with Gasteiger partial charge in [-0.2, -0.15) is 0 Å². The maximum atomic E-state index is 13.5. The van der Waals surface area contributed by atoms with Crippen LogP contribution in [-0.4, -0.2) is 17.6 Å². The van der Waals surface area contributed by atoms with Crippen LogP contribution in [0.5, 0.6) is 5.75 Å². The molecule has 174 valence electrons. The summed E-state index contributed by atoms with van der Waals surface area (Å²) in [5, 5.41) is 3.84. The molecule has 0 saturated carbocycles. The minimum atomic E-state index is -0.241. The number of fused-ring (bicyclic) bond motifs is 1. The minimum absolute atomic E-state index is 0.0722. The second-order valence-electron chi connectivity index (χ2n) is 8.57. The second kappa shape index (κ2) is 10.4. The molecule has 34 heavy (non-hydrogen) atoms. The molecule has 4 rings (SSSR count). The zero-order valence-electron chi connectivity index (χ0n) is 19.9.